The summed E-state index contributed by atoms with van der Waals surface area (Å²) < 4.78 is 12.6. The van der Waals surface area contributed by atoms with Crippen LogP contribution in [-0.2, 0) is 0 Å². The Kier molecular flexibility index (Phi) is 3.20. The molecule has 0 aliphatic carbocycles. The summed E-state index contributed by atoms with van der Waals surface area (Å²) in [5.74, 6) is 0.252. The minimum atomic E-state index is -0.316. The number of anilines is 2. The molecule has 0 unspecified atom stereocenters. The van der Waals surface area contributed by atoms with E-state index in [1.165, 1.54) is 13.3 Å². The summed E-state index contributed by atoms with van der Waals surface area (Å²) in [6.45, 7) is 0. The van der Waals surface area contributed by atoms with Gasteiger partial charge in [-0.15, -0.1) is 0 Å². The van der Waals surface area contributed by atoms with Gasteiger partial charge in [-0.1, -0.05) is 0 Å². The SMILES string of the molecule is COc1ccc(NC(=O)c2cnsn2)cc1N. The summed E-state index contributed by atoms with van der Waals surface area (Å²) in [6, 6.07) is 5.01. The smallest absolute Gasteiger partial charge is 0.277 e. The Balaban J connectivity index is 2.14. The molecule has 0 fully saturated rings. The summed E-state index contributed by atoms with van der Waals surface area (Å²) >= 11 is 0.982. The van der Waals surface area contributed by atoms with E-state index in [2.05, 4.69) is 14.1 Å². The van der Waals surface area contributed by atoms with Gasteiger partial charge in [-0.25, -0.2) is 0 Å². The van der Waals surface area contributed by atoms with Gasteiger partial charge in [-0.3, -0.25) is 4.79 Å². The van der Waals surface area contributed by atoms with Crippen molar-refractivity contribution in [3.8, 4) is 5.75 Å². The normalized spacial score (nSPS) is 9.94. The number of carbonyl (C=O) groups is 1. The molecule has 17 heavy (non-hydrogen) atoms. The minimum absolute atomic E-state index is 0.282. The maximum absolute atomic E-state index is 11.7. The van der Waals surface area contributed by atoms with Gasteiger partial charge in [0.15, 0.2) is 5.69 Å². The summed E-state index contributed by atoms with van der Waals surface area (Å²) in [4.78, 5) is 11.7. The predicted molar refractivity (Wildman–Crippen MR) is 65.3 cm³/mol. The molecule has 1 aromatic heterocycles. The van der Waals surface area contributed by atoms with Gasteiger partial charge in [-0.05, 0) is 18.2 Å². The van der Waals surface area contributed by atoms with E-state index in [0.29, 0.717) is 17.1 Å². The molecule has 2 rings (SSSR count). The minimum Gasteiger partial charge on any atom is -0.495 e. The van der Waals surface area contributed by atoms with Crippen molar-refractivity contribution in [2.24, 2.45) is 0 Å². The van der Waals surface area contributed by atoms with Gasteiger partial charge < -0.3 is 15.8 Å². The van der Waals surface area contributed by atoms with Crippen LogP contribution in [0.4, 0.5) is 11.4 Å². The van der Waals surface area contributed by atoms with Crippen LogP contribution in [-0.4, -0.2) is 21.8 Å². The standard InChI is InChI=1S/C10H10N4O2S/c1-16-9-3-2-6(4-7(9)11)13-10(15)8-5-12-17-14-8/h2-5H,11H2,1H3,(H,13,15). The van der Waals surface area contributed by atoms with E-state index in [0.717, 1.165) is 11.7 Å². The summed E-state index contributed by atoms with van der Waals surface area (Å²) in [5.41, 5.74) is 7.05. The van der Waals surface area contributed by atoms with Crippen LogP contribution >= 0.6 is 11.7 Å². The number of nitrogens with zero attached hydrogens (tertiary/aromatic N) is 2. The molecular weight excluding hydrogens is 240 g/mol. The number of methoxy groups -OCH3 is 1. The van der Waals surface area contributed by atoms with E-state index in [1.54, 1.807) is 18.2 Å². The fraction of sp³-hybridized carbons (Fsp3) is 0.100. The Bertz CT molecular complexity index is 527. The Labute approximate surface area is 102 Å². The second kappa shape index (κ2) is 4.79. The quantitative estimate of drug-likeness (QED) is 0.803. The molecule has 0 spiro atoms. The van der Waals surface area contributed by atoms with Crippen LogP contribution in [0.5, 0.6) is 5.75 Å². The van der Waals surface area contributed by atoms with Crippen LogP contribution in [0.2, 0.25) is 0 Å². The molecule has 3 N–H and O–H groups in total. The molecule has 2 aromatic rings. The van der Waals surface area contributed by atoms with Crippen LogP contribution in [0.1, 0.15) is 10.5 Å². The van der Waals surface area contributed by atoms with Crippen molar-refractivity contribution in [1.82, 2.24) is 8.75 Å². The number of carbonyl (C=O) groups excluding carboxylic acids is 1. The van der Waals surface area contributed by atoms with Crippen molar-refractivity contribution in [2.75, 3.05) is 18.2 Å². The van der Waals surface area contributed by atoms with Crippen LogP contribution in [0.3, 0.4) is 0 Å². The zero-order valence-corrected chi connectivity index (χ0v) is 9.82. The first-order valence-electron chi connectivity index (χ1n) is 4.73. The lowest BCUT2D eigenvalue weighted by Crippen LogP contribution is -2.12. The monoisotopic (exact) mass is 250 g/mol. The molecule has 88 valence electrons. The zero-order chi connectivity index (χ0) is 12.3. The number of hydrogen-bond donors (Lipinski definition) is 2. The highest BCUT2D eigenvalue weighted by Crippen LogP contribution is 2.24. The lowest BCUT2D eigenvalue weighted by atomic mass is 10.2. The van der Waals surface area contributed by atoms with Gasteiger partial charge in [0.1, 0.15) is 5.75 Å². The maximum atomic E-state index is 11.7. The number of hydrogen-bond acceptors (Lipinski definition) is 6. The van der Waals surface area contributed by atoms with Crippen molar-refractivity contribution >= 4 is 29.0 Å². The van der Waals surface area contributed by atoms with E-state index in [-0.39, 0.29) is 11.6 Å². The predicted octanol–water partition coefficient (Wildman–Crippen LogP) is 1.38. The molecule has 0 aliphatic heterocycles. The molecule has 0 aliphatic rings. The van der Waals surface area contributed by atoms with Crippen molar-refractivity contribution in [3.63, 3.8) is 0 Å². The first-order chi connectivity index (χ1) is 8.20. The molecule has 0 saturated heterocycles. The fourth-order valence-electron chi connectivity index (χ4n) is 1.27. The first kappa shape index (κ1) is 11.3. The Morgan fingerprint density at radius 2 is 2.35 bits per heavy atom. The summed E-state index contributed by atoms with van der Waals surface area (Å²) in [6.07, 6.45) is 1.41. The maximum Gasteiger partial charge on any atom is 0.277 e. The van der Waals surface area contributed by atoms with Crippen molar-refractivity contribution in [2.45, 2.75) is 0 Å². The molecule has 0 bridgehead atoms. The van der Waals surface area contributed by atoms with Crippen LogP contribution in [0.15, 0.2) is 24.4 Å². The number of nitrogen functional groups attached to an aromatic ring is 1. The number of ether oxygens (including phenoxy) is 1. The van der Waals surface area contributed by atoms with Crippen molar-refractivity contribution in [1.29, 1.82) is 0 Å². The molecule has 0 atom stereocenters. The molecule has 1 aromatic carbocycles. The number of nitrogens with two attached hydrogens (primary N) is 1. The highest BCUT2D eigenvalue weighted by molar-refractivity contribution is 6.99. The van der Waals surface area contributed by atoms with E-state index in [4.69, 9.17) is 10.5 Å². The third-order valence-electron chi connectivity index (χ3n) is 2.08. The number of aromatic nitrogens is 2. The Hall–Kier alpha value is -2.15. The second-order valence-electron chi connectivity index (χ2n) is 3.20. The van der Waals surface area contributed by atoms with Crippen LogP contribution in [0, 0.1) is 0 Å². The molecular formula is C10H10N4O2S. The highest BCUT2D eigenvalue weighted by Gasteiger charge is 2.09. The van der Waals surface area contributed by atoms with E-state index in [1.807, 2.05) is 0 Å². The average Bonchev–Trinajstić information content (AvgIpc) is 2.82. The Morgan fingerprint density at radius 1 is 1.53 bits per heavy atom. The van der Waals surface area contributed by atoms with E-state index < -0.39 is 0 Å². The van der Waals surface area contributed by atoms with Gasteiger partial charge in [0.25, 0.3) is 5.91 Å². The van der Waals surface area contributed by atoms with Crippen molar-refractivity contribution < 1.29 is 9.53 Å². The fourth-order valence-corrected chi connectivity index (χ4v) is 1.68. The summed E-state index contributed by atoms with van der Waals surface area (Å²) in [5, 5.41) is 2.67. The van der Waals surface area contributed by atoms with Gasteiger partial charge >= 0.3 is 0 Å². The van der Waals surface area contributed by atoms with Gasteiger partial charge in [0, 0.05) is 5.69 Å². The third-order valence-corrected chi connectivity index (χ3v) is 2.56. The first-order valence-corrected chi connectivity index (χ1v) is 5.46. The van der Waals surface area contributed by atoms with E-state index in [9.17, 15) is 4.79 Å². The molecule has 0 radical (unpaired) electrons. The van der Waals surface area contributed by atoms with Gasteiger partial charge in [-0.2, -0.15) is 8.75 Å². The van der Waals surface area contributed by atoms with Gasteiger partial charge in [0.2, 0.25) is 0 Å². The molecule has 1 heterocycles. The van der Waals surface area contributed by atoms with Crippen molar-refractivity contribution in [3.05, 3.63) is 30.1 Å². The molecule has 1 amide bonds. The lowest BCUT2D eigenvalue weighted by molar-refractivity contribution is 0.102. The van der Waals surface area contributed by atoms with Crippen LogP contribution < -0.4 is 15.8 Å². The lowest BCUT2D eigenvalue weighted by Gasteiger charge is -2.07. The number of rotatable bonds is 3. The number of benzene rings is 1. The molecule has 6 nitrogen and oxygen atoms in total. The average molecular weight is 250 g/mol. The topological polar surface area (TPSA) is 90.1 Å². The van der Waals surface area contributed by atoms with Crippen LogP contribution in [0.25, 0.3) is 0 Å². The second-order valence-corrected chi connectivity index (χ2v) is 3.76. The van der Waals surface area contributed by atoms with Gasteiger partial charge in [0.05, 0.1) is 30.7 Å². The molecule has 0 saturated carbocycles. The third kappa shape index (κ3) is 2.51. The van der Waals surface area contributed by atoms with E-state index >= 15 is 0 Å². The highest BCUT2D eigenvalue weighted by atomic mass is 32.1. The number of amides is 1. The zero-order valence-electron chi connectivity index (χ0n) is 9.01. The Morgan fingerprint density at radius 3 is 2.94 bits per heavy atom. The molecule has 7 heteroatoms. The largest absolute Gasteiger partial charge is 0.495 e. The summed E-state index contributed by atoms with van der Waals surface area (Å²) in [7, 11) is 1.53. The number of nitrogens with one attached hydrogen (secondary N) is 1.